The van der Waals surface area contributed by atoms with Crippen LogP contribution in [0, 0.1) is 5.41 Å². The van der Waals surface area contributed by atoms with Crippen LogP contribution in [0.1, 0.15) is 37.5 Å². The van der Waals surface area contributed by atoms with Gasteiger partial charge in [0, 0.05) is 0 Å². The van der Waals surface area contributed by atoms with Crippen molar-refractivity contribution in [1.82, 2.24) is 0 Å². The van der Waals surface area contributed by atoms with E-state index in [1.54, 1.807) is 0 Å². The van der Waals surface area contributed by atoms with Crippen LogP contribution < -0.4 is 0 Å². The summed E-state index contributed by atoms with van der Waals surface area (Å²) in [5.41, 5.74) is 4.24. The van der Waals surface area contributed by atoms with E-state index in [0.717, 1.165) is 6.42 Å². The summed E-state index contributed by atoms with van der Waals surface area (Å²) in [5.74, 6) is 0. The van der Waals surface area contributed by atoms with Gasteiger partial charge in [0.25, 0.3) is 0 Å². The molecule has 0 spiro atoms. The fourth-order valence-electron chi connectivity index (χ4n) is 2.12. The lowest BCUT2D eigenvalue weighted by Gasteiger charge is -2.17. The van der Waals surface area contributed by atoms with E-state index in [1.807, 2.05) is 6.07 Å². The summed E-state index contributed by atoms with van der Waals surface area (Å²) in [5, 5.41) is 0. The molecule has 2 aromatic rings. The summed E-state index contributed by atoms with van der Waals surface area (Å²) in [4.78, 5) is 0. The summed E-state index contributed by atoms with van der Waals surface area (Å²) in [6.07, 6.45) is 5.44. The van der Waals surface area contributed by atoms with Gasteiger partial charge < -0.3 is 0 Å². The molecule has 0 unspecified atom stereocenters. The molecule has 0 bridgehead atoms. The SMILES string of the molecule is CC(C)(C)Cc1ccc(/C=C/c2ccccc2)cc1. The molecule has 0 N–H and O–H groups in total. The van der Waals surface area contributed by atoms with Gasteiger partial charge in [0.1, 0.15) is 0 Å². The van der Waals surface area contributed by atoms with Gasteiger partial charge in [-0.3, -0.25) is 0 Å². The molecule has 0 aliphatic rings. The maximum atomic E-state index is 2.27. The van der Waals surface area contributed by atoms with Crippen LogP contribution in [0.3, 0.4) is 0 Å². The number of benzene rings is 2. The molecule has 98 valence electrons. The Morgan fingerprint density at radius 3 is 1.79 bits per heavy atom. The van der Waals surface area contributed by atoms with Crippen molar-refractivity contribution < 1.29 is 0 Å². The largest absolute Gasteiger partial charge is 0.0622 e. The molecule has 0 heterocycles. The molecule has 2 aromatic carbocycles. The van der Waals surface area contributed by atoms with E-state index in [-0.39, 0.29) is 0 Å². The van der Waals surface area contributed by atoms with Crippen LogP contribution in [-0.4, -0.2) is 0 Å². The first-order valence-corrected chi connectivity index (χ1v) is 6.85. The van der Waals surface area contributed by atoms with E-state index in [2.05, 4.69) is 81.5 Å². The van der Waals surface area contributed by atoms with Crippen molar-refractivity contribution in [3.8, 4) is 0 Å². The van der Waals surface area contributed by atoms with Gasteiger partial charge in [-0.2, -0.15) is 0 Å². The van der Waals surface area contributed by atoms with E-state index < -0.39 is 0 Å². The predicted molar refractivity (Wildman–Crippen MR) is 85.0 cm³/mol. The zero-order chi connectivity index (χ0) is 13.7. The summed E-state index contributed by atoms with van der Waals surface area (Å²) >= 11 is 0. The second-order valence-electron chi connectivity index (χ2n) is 6.22. The summed E-state index contributed by atoms with van der Waals surface area (Å²) in [6.45, 7) is 6.82. The minimum atomic E-state index is 0.349. The maximum absolute atomic E-state index is 2.27. The lowest BCUT2D eigenvalue weighted by atomic mass is 9.88. The number of rotatable bonds is 3. The van der Waals surface area contributed by atoms with Gasteiger partial charge >= 0.3 is 0 Å². The van der Waals surface area contributed by atoms with Crippen molar-refractivity contribution in [3.05, 3.63) is 71.3 Å². The molecule has 0 aliphatic heterocycles. The highest BCUT2D eigenvalue weighted by Gasteiger charge is 2.10. The van der Waals surface area contributed by atoms with Crippen molar-refractivity contribution in [2.24, 2.45) is 5.41 Å². The van der Waals surface area contributed by atoms with Gasteiger partial charge in [-0.1, -0.05) is 87.5 Å². The van der Waals surface area contributed by atoms with Crippen molar-refractivity contribution in [2.45, 2.75) is 27.2 Å². The Morgan fingerprint density at radius 1 is 0.737 bits per heavy atom. The smallest absolute Gasteiger partial charge is 0.0230 e. The van der Waals surface area contributed by atoms with E-state index >= 15 is 0 Å². The molecule has 0 atom stereocenters. The second-order valence-corrected chi connectivity index (χ2v) is 6.22. The van der Waals surface area contributed by atoms with Crippen molar-refractivity contribution in [3.63, 3.8) is 0 Å². The Hall–Kier alpha value is -1.82. The molecule has 0 aliphatic carbocycles. The van der Waals surface area contributed by atoms with Gasteiger partial charge in [-0.15, -0.1) is 0 Å². The number of hydrogen-bond acceptors (Lipinski definition) is 0. The third-order valence-electron chi connectivity index (χ3n) is 2.98. The Morgan fingerprint density at radius 2 is 1.26 bits per heavy atom. The van der Waals surface area contributed by atoms with Crippen LogP contribution in [0.2, 0.25) is 0 Å². The van der Waals surface area contributed by atoms with Crippen LogP contribution in [0.15, 0.2) is 54.6 Å². The van der Waals surface area contributed by atoms with E-state index in [1.165, 1.54) is 16.7 Å². The third-order valence-corrected chi connectivity index (χ3v) is 2.98. The standard InChI is InChI=1S/C19H22/c1-19(2,3)15-18-13-11-17(12-14-18)10-9-16-7-5-4-6-8-16/h4-14H,15H2,1-3H3/b10-9+. The highest BCUT2D eigenvalue weighted by molar-refractivity contribution is 5.69. The Labute approximate surface area is 116 Å². The molecular weight excluding hydrogens is 228 g/mol. The van der Waals surface area contributed by atoms with Crippen molar-refractivity contribution in [1.29, 1.82) is 0 Å². The van der Waals surface area contributed by atoms with E-state index in [9.17, 15) is 0 Å². The minimum absolute atomic E-state index is 0.349. The average molecular weight is 250 g/mol. The summed E-state index contributed by atoms with van der Waals surface area (Å²) in [6, 6.07) is 19.2. The van der Waals surface area contributed by atoms with E-state index in [0.29, 0.717) is 5.41 Å². The van der Waals surface area contributed by atoms with Gasteiger partial charge in [0.05, 0.1) is 0 Å². The van der Waals surface area contributed by atoms with Crippen molar-refractivity contribution in [2.75, 3.05) is 0 Å². The zero-order valence-electron chi connectivity index (χ0n) is 12.1. The predicted octanol–water partition coefficient (Wildman–Crippen LogP) is 5.45. The summed E-state index contributed by atoms with van der Waals surface area (Å²) in [7, 11) is 0. The summed E-state index contributed by atoms with van der Waals surface area (Å²) < 4.78 is 0. The zero-order valence-corrected chi connectivity index (χ0v) is 12.1. The minimum Gasteiger partial charge on any atom is -0.0622 e. The van der Waals surface area contributed by atoms with Gasteiger partial charge in [0.15, 0.2) is 0 Å². The molecule has 0 heteroatoms. The molecule has 2 rings (SSSR count). The molecule has 19 heavy (non-hydrogen) atoms. The number of hydrogen-bond donors (Lipinski definition) is 0. The van der Waals surface area contributed by atoms with Gasteiger partial charge in [0.2, 0.25) is 0 Å². The Bertz CT molecular complexity index is 525. The molecule has 0 radical (unpaired) electrons. The maximum Gasteiger partial charge on any atom is -0.0230 e. The molecule has 0 fully saturated rings. The quantitative estimate of drug-likeness (QED) is 0.636. The fourth-order valence-corrected chi connectivity index (χ4v) is 2.12. The van der Waals surface area contributed by atoms with Crippen LogP contribution in [0.4, 0.5) is 0 Å². The highest BCUT2D eigenvalue weighted by Crippen LogP contribution is 2.21. The van der Waals surface area contributed by atoms with E-state index in [4.69, 9.17) is 0 Å². The highest BCUT2D eigenvalue weighted by atomic mass is 14.2. The molecular formula is C19H22. The fraction of sp³-hybridized carbons (Fsp3) is 0.263. The average Bonchev–Trinajstić information content (AvgIpc) is 2.37. The molecule has 0 saturated carbocycles. The Balaban J connectivity index is 2.05. The van der Waals surface area contributed by atoms with Crippen molar-refractivity contribution >= 4 is 12.2 Å². The molecule has 0 nitrogen and oxygen atoms in total. The monoisotopic (exact) mass is 250 g/mol. The van der Waals surface area contributed by atoms with Crippen LogP contribution >= 0.6 is 0 Å². The lowest BCUT2D eigenvalue weighted by molar-refractivity contribution is 0.411. The van der Waals surface area contributed by atoms with Crippen LogP contribution in [0.5, 0.6) is 0 Å². The molecule has 0 saturated heterocycles. The molecule has 0 aromatic heterocycles. The molecule has 0 amide bonds. The third kappa shape index (κ3) is 4.75. The van der Waals surface area contributed by atoms with Crippen LogP contribution in [0.25, 0.3) is 12.2 Å². The first-order chi connectivity index (χ1) is 9.03. The van der Waals surface area contributed by atoms with Gasteiger partial charge in [-0.05, 0) is 28.5 Å². The topological polar surface area (TPSA) is 0 Å². The van der Waals surface area contributed by atoms with Crippen LogP contribution in [-0.2, 0) is 6.42 Å². The Kier molecular flexibility index (Phi) is 4.21. The second kappa shape index (κ2) is 5.88. The normalized spacial score (nSPS) is 11.9. The first kappa shape index (κ1) is 13.6. The first-order valence-electron chi connectivity index (χ1n) is 6.85. The van der Waals surface area contributed by atoms with Gasteiger partial charge in [-0.25, -0.2) is 0 Å². The lowest BCUT2D eigenvalue weighted by Crippen LogP contribution is -2.08.